The van der Waals surface area contributed by atoms with Gasteiger partial charge < -0.3 is 24.8 Å². The van der Waals surface area contributed by atoms with Gasteiger partial charge in [0.1, 0.15) is 5.75 Å². The van der Waals surface area contributed by atoms with E-state index in [1.807, 2.05) is 18.2 Å². The lowest BCUT2D eigenvalue weighted by molar-refractivity contribution is 0.0828. The molecule has 1 aliphatic heterocycles. The van der Waals surface area contributed by atoms with E-state index in [1.165, 1.54) is 0 Å². The average molecular weight is 411 g/mol. The number of aryl methyl sites for hydroxylation is 1. The van der Waals surface area contributed by atoms with Crippen molar-refractivity contribution >= 4 is 23.0 Å². The number of nitrogens with zero attached hydrogens (tertiary/aromatic N) is 3. The Kier molecular flexibility index (Phi) is 7.08. The number of piperazine rings is 1. The summed E-state index contributed by atoms with van der Waals surface area (Å²) in [5.41, 5.74) is 5.05. The number of methoxy groups -OCH3 is 1. The molecule has 1 fully saturated rings. The molecule has 6 nitrogen and oxygen atoms in total. The first kappa shape index (κ1) is 21.8. The predicted molar refractivity (Wildman–Crippen MR) is 125 cm³/mol. The third-order valence-electron chi connectivity index (χ3n) is 5.50. The number of nitrogens with one attached hydrogen (secondary N) is 1. The van der Waals surface area contributed by atoms with Gasteiger partial charge in [-0.25, -0.2) is 0 Å². The summed E-state index contributed by atoms with van der Waals surface area (Å²) in [6.45, 7) is 8.61. The van der Waals surface area contributed by atoms with Crippen molar-refractivity contribution in [2.75, 3.05) is 69.0 Å². The van der Waals surface area contributed by atoms with E-state index in [-0.39, 0.29) is 5.91 Å². The number of rotatable bonds is 7. The van der Waals surface area contributed by atoms with E-state index < -0.39 is 0 Å². The molecular formula is C24H34N4O2. The topological polar surface area (TPSA) is 48.1 Å². The van der Waals surface area contributed by atoms with Crippen LogP contribution in [0.2, 0.25) is 0 Å². The number of para-hydroxylation sites is 2. The van der Waals surface area contributed by atoms with Crippen LogP contribution < -0.4 is 19.9 Å². The lowest BCUT2D eigenvalue weighted by atomic mass is 10.0. The van der Waals surface area contributed by atoms with Crippen LogP contribution in [0.15, 0.2) is 36.4 Å². The minimum atomic E-state index is 0.0335. The van der Waals surface area contributed by atoms with Crippen LogP contribution in [-0.4, -0.2) is 64.7 Å². The Balaban J connectivity index is 1.88. The number of carbonyl (C=O) groups excluding carboxylic acids is 1. The van der Waals surface area contributed by atoms with Gasteiger partial charge in [0.15, 0.2) is 0 Å². The highest BCUT2D eigenvalue weighted by Gasteiger charge is 2.25. The van der Waals surface area contributed by atoms with Gasteiger partial charge in [0, 0.05) is 46.8 Å². The number of hydrogen-bond donors (Lipinski definition) is 1. The minimum Gasteiger partial charge on any atom is -0.495 e. The fourth-order valence-corrected chi connectivity index (χ4v) is 3.94. The van der Waals surface area contributed by atoms with Crippen LogP contribution in [0.4, 0.5) is 17.1 Å². The predicted octanol–water partition coefficient (Wildman–Crippen LogP) is 3.85. The molecule has 3 rings (SSSR count). The van der Waals surface area contributed by atoms with Crippen LogP contribution in [-0.2, 0) is 0 Å². The van der Waals surface area contributed by atoms with Crippen molar-refractivity contribution in [2.24, 2.45) is 0 Å². The normalized spacial score (nSPS) is 13.9. The third-order valence-corrected chi connectivity index (χ3v) is 5.50. The summed E-state index contributed by atoms with van der Waals surface area (Å²) in [5.74, 6) is 0.942. The highest BCUT2D eigenvalue weighted by Crippen LogP contribution is 2.34. The number of benzene rings is 2. The lowest BCUT2D eigenvalue weighted by Crippen LogP contribution is -2.47. The molecule has 30 heavy (non-hydrogen) atoms. The summed E-state index contributed by atoms with van der Waals surface area (Å²) in [6, 6.07) is 12.4. The molecule has 0 aromatic heterocycles. The largest absolute Gasteiger partial charge is 0.495 e. The monoisotopic (exact) mass is 410 g/mol. The smallest absolute Gasteiger partial charge is 0.255 e. The molecular weight excluding hydrogens is 376 g/mol. The second kappa shape index (κ2) is 9.74. The van der Waals surface area contributed by atoms with Gasteiger partial charge in [-0.1, -0.05) is 19.1 Å². The Morgan fingerprint density at radius 3 is 2.30 bits per heavy atom. The van der Waals surface area contributed by atoms with Crippen molar-refractivity contribution in [1.29, 1.82) is 0 Å². The fourth-order valence-electron chi connectivity index (χ4n) is 3.94. The van der Waals surface area contributed by atoms with Crippen molar-refractivity contribution in [3.8, 4) is 5.75 Å². The quantitative estimate of drug-likeness (QED) is 0.751. The number of hydrogen-bond acceptors (Lipinski definition) is 5. The van der Waals surface area contributed by atoms with Crippen molar-refractivity contribution in [3.05, 3.63) is 47.5 Å². The Labute approximate surface area is 180 Å². The average Bonchev–Trinajstić information content (AvgIpc) is 2.77. The van der Waals surface area contributed by atoms with Gasteiger partial charge in [-0.15, -0.1) is 0 Å². The van der Waals surface area contributed by atoms with E-state index in [0.717, 1.165) is 73.1 Å². The van der Waals surface area contributed by atoms with Crippen LogP contribution in [0.3, 0.4) is 0 Å². The first-order valence-corrected chi connectivity index (χ1v) is 10.7. The molecule has 0 radical (unpaired) electrons. The second-order valence-electron chi connectivity index (χ2n) is 7.98. The van der Waals surface area contributed by atoms with Crippen molar-refractivity contribution in [2.45, 2.75) is 20.3 Å². The maximum atomic E-state index is 12.9. The zero-order chi connectivity index (χ0) is 21.7. The highest BCUT2D eigenvalue weighted by atomic mass is 16.5. The molecule has 0 aliphatic carbocycles. The van der Waals surface area contributed by atoms with E-state index in [1.54, 1.807) is 26.1 Å². The van der Waals surface area contributed by atoms with Gasteiger partial charge in [0.25, 0.3) is 5.91 Å². The zero-order valence-corrected chi connectivity index (χ0v) is 18.9. The Hall–Kier alpha value is -2.89. The summed E-state index contributed by atoms with van der Waals surface area (Å²) in [4.78, 5) is 19.3. The summed E-state index contributed by atoms with van der Waals surface area (Å²) in [7, 11) is 5.33. The van der Waals surface area contributed by atoms with E-state index in [2.05, 4.69) is 47.2 Å². The number of amides is 1. The number of ether oxygens (including phenoxy) is 1. The summed E-state index contributed by atoms with van der Waals surface area (Å²) < 4.78 is 5.55. The Morgan fingerprint density at radius 2 is 1.70 bits per heavy atom. The Bertz CT molecular complexity index is 874. The second-order valence-corrected chi connectivity index (χ2v) is 7.98. The molecule has 0 bridgehead atoms. The van der Waals surface area contributed by atoms with Crippen LogP contribution in [0.25, 0.3) is 0 Å². The third kappa shape index (κ3) is 4.64. The van der Waals surface area contributed by atoms with E-state index in [9.17, 15) is 4.79 Å². The first-order valence-electron chi connectivity index (χ1n) is 10.7. The molecule has 6 heteroatoms. The molecule has 1 heterocycles. The Morgan fingerprint density at radius 1 is 1.07 bits per heavy atom. The first-order chi connectivity index (χ1) is 14.5. The van der Waals surface area contributed by atoms with Gasteiger partial charge >= 0.3 is 0 Å². The van der Waals surface area contributed by atoms with Gasteiger partial charge in [-0.3, -0.25) is 4.79 Å². The standard InChI is InChI=1S/C24H34N4O2/c1-6-11-25-23-19(24(29)26(3)4)16-18(2)17-21(23)28-14-12-27(13-15-28)20-9-7-8-10-22(20)30-5/h7-10,16-17,25H,6,11-15H2,1-5H3. The van der Waals surface area contributed by atoms with E-state index in [0.29, 0.717) is 0 Å². The number of anilines is 3. The molecule has 0 saturated carbocycles. The van der Waals surface area contributed by atoms with Crippen LogP contribution in [0.1, 0.15) is 29.3 Å². The van der Waals surface area contributed by atoms with Crippen LogP contribution >= 0.6 is 0 Å². The molecule has 1 saturated heterocycles. The number of carbonyl (C=O) groups is 1. The molecule has 2 aromatic carbocycles. The van der Waals surface area contributed by atoms with Crippen molar-refractivity contribution < 1.29 is 9.53 Å². The van der Waals surface area contributed by atoms with Crippen molar-refractivity contribution in [3.63, 3.8) is 0 Å². The van der Waals surface area contributed by atoms with Crippen LogP contribution in [0, 0.1) is 6.92 Å². The minimum absolute atomic E-state index is 0.0335. The van der Waals surface area contributed by atoms with E-state index >= 15 is 0 Å². The molecule has 1 amide bonds. The van der Waals surface area contributed by atoms with Crippen molar-refractivity contribution in [1.82, 2.24) is 4.90 Å². The molecule has 1 N–H and O–H groups in total. The van der Waals surface area contributed by atoms with E-state index in [4.69, 9.17) is 4.74 Å². The lowest BCUT2D eigenvalue weighted by Gasteiger charge is -2.39. The van der Waals surface area contributed by atoms with Gasteiger partial charge in [0.2, 0.25) is 0 Å². The molecule has 0 spiro atoms. The SMILES string of the molecule is CCCNc1c(C(=O)N(C)C)cc(C)cc1N1CCN(c2ccccc2OC)CC1. The van der Waals surface area contributed by atoms with Crippen LogP contribution in [0.5, 0.6) is 5.75 Å². The molecule has 2 aromatic rings. The maximum absolute atomic E-state index is 12.9. The van der Waals surface area contributed by atoms with Gasteiger partial charge in [-0.05, 0) is 43.2 Å². The summed E-state index contributed by atoms with van der Waals surface area (Å²) in [5, 5.41) is 3.53. The van der Waals surface area contributed by atoms with Gasteiger partial charge in [0.05, 0.1) is 29.7 Å². The molecule has 0 atom stereocenters. The fraction of sp³-hybridized carbons (Fsp3) is 0.458. The maximum Gasteiger partial charge on any atom is 0.255 e. The summed E-state index contributed by atoms with van der Waals surface area (Å²) in [6.07, 6.45) is 1.00. The molecule has 1 aliphatic rings. The molecule has 0 unspecified atom stereocenters. The summed E-state index contributed by atoms with van der Waals surface area (Å²) >= 11 is 0. The zero-order valence-electron chi connectivity index (χ0n) is 18.9. The highest BCUT2D eigenvalue weighted by molar-refractivity contribution is 6.02. The molecule has 162 valence electrons. The van der Waals surface area contributed by atoms with Gasteiger partial charge in [-0.2, -0.15) is 0 Å².